The normalized spacial score (nSPS) is 17.5. The number of nitrogens with one attached hydrogen (secondary N) is 1. The van der Waals surface area contributed by atoms with Gasteiger partial charge in [-0.15, -0.1) is 0 Å². The van der Waals surface area contributed by atoms with Gasteiger partial charge in [0.2, 0.25) is 5.91 Å². The summed E-state index contributed by atoms with van der Waals surface area (Å²) in [5, 5.41) is 13.0. The first kappa shape index (κ1) is 19.0. The number of benzene rings is 2. The second kappa shape index (κ2) is 8.71. The lowest BCUT2D eigenvalue weighted by Crippen LogP contribution is -2.46. The maximum Gasteiger partial charge on any atom is 0.258 e. The Balaban J connectivity index is 1.65. The van der Waals surface area contributed by atoms with Crippen LogP contribution in [0.5, 0.6) is 5.75 Å². The maximum atomic E-state index is 12.8. The summed E-state index contributed by atoms with van der Waals surface area (Å²) in [6, 6.07) is 16.1. The van der Waals surface area contributed by atoms with Crippen LogP contribution in [0.4, 0.5) is 0 Å². The summed E-state index contributed by atoms with van der Waals surface area (Å²) in [7, 11) is 0. The van der Waals surface area contributed by atoms with Crippen molar-refractivity contribution in [2.45, 2.75) is 38.1 Å². The van der Waals surface area contributed by atoms with Crippen molar-refractivity contribution in [1.82, 2.24) is 10.2 Å². The number of carbonyl (C=O) groups is 2. The minimum atomic E-state index is -0.481. The summed E-state index contributed by atoms with van der Waals surface area (Å²) in [6.07, 6.45) is 2.36. The molecule has 1 aliphatic heterocycles. The molecule has 0 radical (unpaired) electrons. The van der Waals surface area contributed by atoms with Crippen LogP contribution in [-0.2, 0) is 4.79 Å². The molecular formula is C22H26N2O3. The van der Waals surface area contributed by atoms with Crippen LogP contribution in [0.15, 0.2) is 54.6 Å². The molecule has 1 fully saturated rings. The molecule has 2 aromatic rings. The molecule has 2 amide bonds. The van der Waals surface area contributed by atoms with Gasteiger partial charge in [0.15, 0.2) is 0 Å². The fourth-order valence-corrected chi connectivity index (χ4v) is 3.66. The van der Waals surface area contributed by atoms with E-state index >= 15 is 0 Å². The molecule has 1 aliphatic rings. The van der Waals surface area contributed by atoms with Crippen molar-refractivity contribution in [3.05, 3.63) is 65.7 Å². The van der Waals surface area contributed by atoms with Crippen LogP contribution in [0.1, 0.15) is 48.0 Å². The third-order valence-electron chi connectivity index (χ3n) is 5.24. The van der Waals surface area contributed by atoms with Crippen LogP contribution in [0.25, 0.3) is 0 Å². The highest BCUT2D eigenvalue weighted by molar-refractivity contribution is 5.99. The third kappa shape index (κ3) is 4.30. The molecule has 0 aliphatic carbocycles. The molecular weight excluding hydrogens is 340 g/mol. The Morgan fingerprint density at radius 3 is 2.56 bits per heavy atom. The highest BCUT2D eigenvalue weighted by Gasteiger charge is 2.35. The average Bonchev–Trinajstić information content (AvgIpc) is 3.19. The third-order valence-corrected chi connectivity index (χ3v) is 5.24. The van der Waals surface area contributed by atoms with E-state index in [1.165, 1.54) is 11.6 Å². The fraction of sp³-hybridized carbons (Fsp3) is 0.364. The van der Waals surface area contributed by atoms with Gasteiger partial charge in [0.05, 0.1) is 5.56 Å². The highest BCUT2D eigenvalue weighted by Crippen LogP contribution is 2.25. The van der Waals surface area contributed by atoms with Crippen LogP contribution < -0.4 is 5.32 Å². The Morgan fingerprint density at radius 2 is 1.85 bits per heavy atom. The number of aromatic hydroxyl groups is 1. The molecule has 0 bridgehead atoms. The van der Waals surface area contributed by atoms with E-state index < -0.39 is 6.04 Å². The van der Waals surface area contributed by atoms with Crippen LogP contribution >= 0.6 is 0 Å². The van der Waals surface area contributed by atoms with Crippen LogP contribution in [0.2, 0.25) is 0 Å². The minimum absolute atomic E-state index is 0.0521. The topological polar surface area (TPSA) is 69.6 Å². The highest BCUT2D eigenvalue weighted by atomic mass is 16.3. The summed E-state index contributed by atoms with van der Waals surface area (Å²) in [4.78, 5) is 27.1. The zero-order valence-electron chi connectivity index (χ0n) is 15.6. The van der Waals surface area contributed by atoms with E-state index in [-0.39, 0.29) is 29.0 Å². The lowest BCUT2D eigenvalue weighted by atomic mass is 9.96. The Hall–Kier alpha value is -2.82. The van der Waals surface area contributed by atoms with E-state index in [1.807, 2.05) is 18.2 Å². The van der Waals surface area contributed by atoms with E-state index in [2.05, 4.69) is 24.4 Å². The number of para-hydroxylation sites is 1. The molecule has 1 heterocycles. The maximum absolute atomic E-state index is 12.8. The molecule has 2 aromatic carbocycles. The van der Waals surface area contributed by atoms with Crippen molar-refractivity contribution in [1.29, 1.82) is 0 Å². The molecule has 3 rings (SSSR count). The molecule has 0 spiro atoms. The molecule has 142 valence electrons. The van der Waals surface area contributed by atoms with Gasteiger partial charge in [-0.2, -0.15) is 0 Å². The fourth-order valence-electron chi connectivity index (χ4n) is 3.66. The van der Waals surface area contributed by atoms with Crippen molar-refractivity contribution in [3.8, 4) is 5.75 Å². The van der Waals surface area contributed by atoms with Crippen molar-refractivity contribution >= 4 is 11.8 Å². The molecule has 1 saturated heterocycles. The SMILES string of the molecule is CCC(CNC(=O)C1CCCN1C(=O)c1ccccc1O)c1ccccc1. The Labute approximate surface area is 160 Å². The van der Waals surface area contributed by atoms with Gasteiger partial charge in [-0.25, -0.2) is 0 Å². The van der Waals surface area contributed by atoms with Gasteiger partial charge in [0, 0.05) is 19.0 Å². The number of rotatable bonds is 6. The molecule has 5 nitrogen and oxygen atoms in total. The summed E-state index contributed by atoms with van der Waals surface area (Å²) in [5.74, 6) is -0.214. The Kier molecular flexibility index (Phi) is 6.12. The smallest absolute Gasteiger partial charge is 0.258 e. The summed E-state index contributed by atoms with van der Waals surface area (Å²) >= 11 is 0. The van der Waals surface area contributed by atoms with Crippen LogP contribution in [-0.4, -0.2) is 41.0 Å². The molecule has 2 unspecified atom stereocenters. The van der Waals surface area contributed by atoms with E-state index in [0.717, 1.165) is 12.8 Å². The van der Waals surface area contributed by atoms with Gasteiger partial charge in [0.25, 0.3) is 5.91 Å². The monoisotopic (exact) mass is 366 g/mol. The number of amides is 2. The van der Waals surface area contributed by atoms with Gasteiger partial charge in [0.1, 0.15) is 11.8 Å². The molecule has 5 heteroatoms. The summed E-state index contributed by atoms with van der Waals surface area (Å²) in [5.41, 5.74) is 1.45. The molecule has 0 saturated carbocycles. The standard InChI is InChI=1S/C22H26N2O3/c1-2-16(17-9-4-3-5-10-17)15-23-21(26)19-12-8-14-24(19)22(27)18-11-6-7-13-20(18)25/h3-7,9-11,13,16,19,25H,2,8,12,14-15H2,1H3,(H,23,26). The van der Waals surface area contributed by atoms with Gasteiger partial charge in [-0.3, -0.25) is 9.59 Å². The number of hydrogen-bond donors (Lipinski definition) is 2. The number of phenolic OH excluding ortho intramolecular Hbond substituents is 1. The van der Waals surface area contributed by atoms with Crippen molar-refractivity contribution in [2.24, 2.45) is 0 Å². The number of phenols is 1. The zero-order valence-corrected chi connectivity index (χ0v) is 15.6. The van der Waals surface area contributed by atoms with Crippen molar-refractivity contribution in [3.63, 3.8) is 0 Å². The van der Waals surface area contributed by atoms with E-state index in [9.17, 15) is 14.7 Å². The van der Waals surface area contributed by atoms with E-state index in [1.54, 1.807) is 23.1 Å². The molecule has 0 aromatic heterocycles. The Morgan fingerprint density at radius 1 is 1.15 bits per heavy atom. The van der Waals surface area contributed by atoms with E-state index in [0.29, 0.717) is 19.5 Å². The number of nitrogens with zero attached hydrogens (tertiary/aromatic N) is 1. The minimum Gasteiger partial charge on any atom is -0.507 e. The second-order valence-corrected chi connectivity index (χ2v) is 6.93. The lowest BCUT2D eigenvalue weighted by molar-refractivity contribution is -0.124. The average molecular weight is 366 g/mol. The Bertz CT molecular complexity index is 791. The van der Waals surface area contributed by atoms with Crippen molar-refractivity contribution < 1.29 is 14.7 Å². The number of hydrogen-bond acceptors (Lipinski definition) is 3. The van der Waals surface area contributed by atoms with E-state index in [4.69, 9.17) is 0 Å². The van der Waals surface area contributed by atoms with Gasteiger partial charge >= 0.3 is 0 Å². The predicted molar refractivity (Wildman–Crippen MR) is 105 cm³/mol. The first-order valence-corrected chi connectivity index (χ1v) is 9.53. The first-order chi connectivity index (χ1) is 13.1. The number of likely N-dealkylation sites (tertiary alicyclic amines) is 1. The molecule has 2 N–H and O–H groups in total. The number of carbonyl (C=O) groups excluding carboxylic acids is 2. The van der Waals surface area contributed by atoms with Crippen LogP contribution in [0, 0.1) is 0 Å². The molecule has 2 atom stereocenters. The first-order valence-electron chi connectivity index (χ1n) is 9.53. The van der Waals surface area contributed by atoms with Gasteiger partial charge in [-0.05, 0) is 37.0 Å². The van der Waals surface area contributed by atoms with Crippen LogP contribution in [0.3, 0.4) is 0 Å². The van der Waals surface area contributed by atoms with Gasteiger partial charge < -0.3 is 15.3 Å². The van der Waals surface area contributed by atoms with Crippen molar-refractivity contribution in [2.75, 3.05) is 13.1 Å². The lowest BCUT2D eigenvalue weighted by Gasteiger charge is -2.25. The predicted octanol–water partition coefficient (Wildman–Crippen LogP) is 3.31. The van der Waals surface area contributed by atoms with Gasteiger partial charge in [-0.1, -0.05) is 49.4 Å². The zero-order chi connectivity index (χ0) is 19.2. The second-order valence-electron chi connectivity index (χ2n) is 6.93. The molecule has 27 heavy (non-hydrogen) atoms. The summed E-state index contributed by atoms with van der Waals surface area (Å²) in [6.45, 7) is 3.18. The quantitative estimate of drug-likeness (QED) is 0.824. The largest absolute Gasteiger partial charge is 0.507 e. The summed E-state index contributed by atoms with van der Waals surface area (Å²) < 4.78 is 0.